The maximum atomic E-state index is 12.8. The Labute approximate surface area is 145 Å². The molecular formula is C17H17N3O4S. The molecule has 0 aliphatic heterocycles. The number of hydrogen-bond donors (Lipinski definition) is 0. The fourth-order valence-electron chi connectivity index (χ4n) is 2.35. The van der Waals surface area contributed by atoms with Gasteiger partial charge in [-0.05, 0) is 24.1 Å². The summed E-state index contributed by atoms with van der Waals surface area (Å²) in [6.45, 7) is 1.83. The molecule has 1 aromatic carbocycles. The Morgan fingerprint density at radius 1 is 1.16 bits per heavy atom. The van der Waals surface area contributed by atoms with Gasteiger partial charge in [-0.15, -0.1) is 5.10 Å². The Morgan fingerprint density at radius 2 is 1.92 bits per heavy atom. The first kappa shape index (κ1) is 17.1. The van der Waals surface area contributed by atoms with Gasteiger partial charge in [0, 0.05) is 6.42 Å². The van der Waals surface area contributed by atoms with Gasteiger partial charge in [0.05, 0.1) is 12.0 Å². The summed E-state index contributed by atoms with van der Waals surface area (Å²) in [7, 11) is -3.85. The van der Waals surface area contributed by atoms with E-state index in [4.69, 9.17) is 4.42 Å². The number of rotatable bonds is 6. The summed E-state index contributed by atoms with van der Waals surface area (Å²) >= 11 is 0. The topological polar surface area (TPSA) is 95.1 Å². The third-order valence-electron chi connectivity index (χ3n) is 3.50. The van der Waals surface area contributed by atoms with Crippen LogP contribution >= 0.6 is 0 Å². The second kappa shape index (κ2) is 7.02. The Hall–Kier alpha value is -2.74. The normalized spacial score (nSPS) is 11.6. The molecule has 0 amide bonds. The van der Waals surface area contributed by atoms with E-state index in [1.807, 2.05) is 6.92 Å². The molecule has 3 rings (SSSR count). The number of aromatic nitrogens is 3. The number of benzene rings is 1. The second-order valence-corrected chi connectivity index (χ2v) is 7.38. The zero-order chi connectivity index (χ0) is 17.9. The van der Waals surface area contributed by atoms with Crippen LogP contribution < -0.4 is 0 Å². The van der Waals surface area contributed by atoms with Crippen LogP contribution in [0.25, 0.3) is 11.6 Å². The van der Waals surface area contributed by atoms with Crippen molar-refractivity contribution in [1.82, 2.24) is 14.8 Å². The van der Waals surface area contributed by atoms with Crippen LogP contribution in [0.2, 0.25) is 0 Å². The van der Waals surface area contributed by atoms with Crippen molar-refractivity contribution in [1.29, 1.82) is 0 Å². The largest absolute Gasteiger partial charge is 0.461 e. The monoisotopic (exact) mass is 359 g/mol. The SMILES string of the molecule is CCCC(=O)n1nc(-c2ccco2)nc1S(=O)(=O)Cc1ccccc1. The van der Waals surface area contributed by atoms with Gasteiger partial charge in [0.15, 0.2) is 5.76 Å². The highest BCUT2D eigenvalue weighted by Gasteiger charge is 2.28. The molecule has 0 N–H and O–H groups in total. The summed E-state index contributed by atoms with van der Waals surface area (Å²) < 4.78 is 31.7. The lowest BCUT2D eigenvalue weighted by Crippen LogP contribution is -2.19. The molecule has 0 aliphatic carbocycles. The van der Waals surface area contributed by atoms with Gasteiger partial charge in [-0.2, -0.15) is 9.67 Å². The van der Waals surface area contributed by atoms with Gasteiger partial charge in [0.25, 0.3) is 5.16 Å². The van der Waals surface area contributed by atoms with Gasteiger partial charge in [0.2, 0.25) is 21.6 Å². The number of carbonyl (C=O) groups excluding carboxylic acids is 1. The van der Waals surface area contributed by atoms with Crippen molar-refractivity contribution in [3.63, 3.8) is 0 Å². The zero-order valence-corrected chi connectivity index (χ0v) is 14.4. The molecule has 0 saturated carbocycles. The van der Waals surface area contributed by atoms with Crippen molar-refractivity contribution in [2.24, 2.45) is 0 Å². The minimum Gasteiger partial charge on any atom is -0.461 e. The lowest BCUT2D eigenvalue weighted by molar-refractivity contribution is 0.0872. The van der Waals surface area contributed by atoms with Crippen LogP contribution in [0.3, 0.4) is 0 Å². The quantitative estimate of drug-likeness (QED) is 0.671. The molecule has 0 fully saturated rings. The highest BCUT2D eigenvalue weighted by atomic mass is 32.2. The van der Waals surface area contributed by atoms with E-state index in [0.717, 1.165) is 4.68 Å². The van der Waals surface area contributed by atoms with Crippen molar-refractivity contribution in [3.05, 3.63) is 54.3 Å². The summed E-state index contributed by atoms with van der Waals surface area (Å²) in [5.74, 6) is -0.302. The third kappa shape index (κ3) is 3.69. The second-order valence-electron chi connectivity index (χ2n) is 5.50. The molecule has 0 aliphatic rings. The van der Waals surface area contributed by atoms with Crippen LogP contribution in [-0.4, -0.2) is 29.1 Å². The molecule has 2 aromatic heterocycles. The van der Waals surface area contributed by atoms with Crippen LogP contribution in [0.1, 0.15) is 30.1 Å². The Morgan fingerprint density at radius 3 is 2.56 bits per heavy atom. The standard InChI is InChI=1S/C17H17N3O4S/c1-2-7-15(21)20-17(18-16(19-20)14-10-6-11-24-14)25(22,23)12-13-8-4-3-5-9-13/h3-6,8-11H,2,7,12H2,1H3. The molecule has 7 nitrogen and oxygen atoms in total. The minimum atomic E-state index is -3.85. The van der Waals surface area contributed by atoms with Gasteiger partial charge in [-0.1, -0.05) is 37.3 Å². The van der Waals surface area contributed by atoms with Crippen LogP contribution in [0, 0.1) is 0 Å². The average molecular weight is 359 g/mol. The average Bonchev–Trinajstić information content (AvgIpc) is 3.25. The number of sulfone groups is 1. The molecule has 3 aromatic rings. The van der Waals surface area contributed by atoms with E-state index in [1.54, 1.807) is 42.5 Å². The molecule has 0 bridgehead atoms. The summed E-state index contributed by atoms with van der Waals surface area (Å²) in [5, 5.41) is 3.70. The highest BCUT2D eigenvalue weighted by molar-refractivity contribution is 7.90. The van der Waals surface area contributed by atoms with Gasteiger partial charge in [0.1, 0.15) is 0 Å². The van der Waals surface area contributed by atoms with Crippen LogP contribution in [0.15, 0.2) is 58.3 Å². The molecule has 0 saturated heterocycles. The van der Waals surface area contributed by atoms with Crippen molar-refractivity contribution in [2.45, 2.75) is 30.7 Å². The highest BCUT2D eigenvalue weighted by Crippen LogP contribution is 2.21. The van der Waals surface area contributed by atoms with Gasteiger partial charge >= 0.3 is 0 Å². The van der Waals surface area contributed by atoms with E-state index in [-0.39, 0.29) is 23.2 Å². The van der Waals surface area contributed by atoms with E-state index >= 15 is 0 Å². The number of furan rings is 1. The van der Waals surface area contributed by atoms with Gasteiger partial charge in [-0.25, -0.2) is 8.42 Å². The summed E-state index contributed by atoms with van der Waals surface area (Å²) in [6.07, 6.45) is 2.18. The number of carbonyl (C=O) groups is 1. The van der Waals surface area contributed by atoms with Crippen molar-refractivity contribution in [3.8, 4) is 11.6 Å². The Bertz CT molecular complexity index is 961. The van der Waals surface area contributed by atoms with Crippen LogP contribution in [0.4, 0.5) is 0 Å². The molecule has 8 heteroatoms. The zero-order valence-electron chi connectivity index (χ0n) is 13.6. The molecule has 25 heavy (non-hydrogen) atoms. The van der Waals surface area contributed by atoms with Crippen molar-refractivity contribution in [2.75, 3.05) is 0 Å². The first-order valence-corrected chi connectivity index (χ1v) is 9.47. The lowest BCUT2D eigenvalue weighted by Gasteiger charge is -2.05. The fraction of sp³-hybridized carbons (Fsp3) is 0.235. The minimum absolute atomic E-state index is 0.0705. The predicted octanol–water partition coefficient (Wildman–Crippen LogP) is 2.95. The van der Waals surface area contributed by atoms with Gasteiger partial charge in [-0.3, -0.25) is 4.79 Å². The van der Waals surface area contributed by atoms with Crippen LogP contribution in [0.5, 0.6) is 0 Å². The molecule has 0 atom stereocenters. The maximum absolute atomic E-state index is 12.8. The first-order valence-electron chi connectivity index (χ1n) is 7.82. The smallest absolute Gasteiger partial charge is 0.254 e. The molecule has 0 unspecified atom stereocenters. The van der Waals surface area contributed by atoms with Gasteiger partial charge < -0.3 is 4.42 Å². The molecule has 0 radical (unpaired) electrons. The van der Waals surface area contributed by atoms with Crippen molar-refractivity contribution >= 4 is 15.7 Å². The molecule has 2 heterocycles. The summed E-state index contributed by atoms with van der Waals surface area (Å²) in [4.78, 5) is 16.4. The van der Waals surface area contributed by atoms with E-state index in [9.17, 15) is 13.2 Å². The summed E-state index contributed by atoms with van der Waals surface area (Å²) in [5.41, 5.74) is 0.611. The van der Waals surface area contributed by atoms with E-state index in [0.29, 0.717) is 17.7 Å². The Kier molecular flexibility index (Phi) is 4.80. The predicted molar refractivity (Wildman–Crippen MR) is 90.6 cm³/mol. The van der Waals surface area contributed by atoms with E-state index in [1.165, 1.54) is 6.26 Å². The van der Waals surface area contributed by atoms with E-state index in [2.05, 4.69) is 10.1 Å². The third-order valence-corrected chi connectivity index (χ3v) is 5.03. The maximum Gasteiger partial charge on any atom is 0.254 e. The molecule has 130 valence electrons. The molecule has 0 spiro atoms. The lowest BCUT2D eigenvalue weighted by atomic mass is 10.2. The fourth-order valence-corrected chi connectivity index (χ4v) is 3.74. The number of hydrogen-bond acceptors (Lipinski definition) is 6. The van der Waals surface area contributed by atoms with Crippen LogP contribution in [-0.2, 0) is 15.6 Å². The summed E-state index contributed by atoms with van der Waals surface area (Å²) in [6, 6.07) is 12.0. The van der Waals surface area contributed by atoms with Crippen molar-refractivity contribution < 1.29 is 17.6 Å². The molecular weight excluding hydrogens is 342 g/mol. The Balaban J connectivity index is 2.05. The first-order chi connectivity index (χ1) is 12.0. The van der Waals surface area contributed by atoms with E-state index < -0.39 is 15.7 Å². The number of nitrogens with zero attached hydrogens (tertiary/aromatic N) is 3.